The van der Waals surface area contributed by atoms with Crippen molar-refractivity contribution in [3.63, 3.8) is 0 Å². The predicted molar refractivity (Wildman–Crippen MR) is 95.6 cm³/mol. The lowest BCUT2D eigenvalue weighted by Crippen LogP contribution is -2.37. The van der Waals surface area contributed by atoms with Crippen molar-refractivity contribution in [2.24, 2.45) is 0 Å². The van der Waals surface area contributed by atoms with Crippen molar-refractivity contribution in [1.82, 2.24) is 4.90 Å². The molecule has 1 amide bonds. The number of benzene rings is 2. The molecule has 0 aliphatic carbocycles. The zero-order valence-corrected chi connectivity index (χ0v) is 14.9. The third kappa shape index (κ3) is 5.17. The Kier molecular flexibility index (Phi) is 6.50. The van der Waals surface area contributed by atoms with Gasteiger partial charge >= 0.3 is 0 Å². The molecule has 1 atom stereocenters. The van der Waals surface area contributed by atoms with E-state index in [-0.39, 0.29) is 5.91 Å². The first-order valence-corrected chi connectivity index (χ1v) is 8.26. The van der Waals surface area contributed by atoms with Crippen LogP contribution in [-0.4, -0.2) is 30.6 Å². The fraction of sp³-hybridized carbons (Fsp3) is 0.316. The van der Waals surface area contributed by atoms with Gasteiger partial charge in [-0.25, -0.2) is 0 Å². The highest BCUT2D eigenvalue weighted by molar-refractivity contribution is 6.30. The number of rotatable bonds is 7. The molecule has 2 rings (SSSR count). The lowest BCUT2D eigenvalue weighted by Gasteiger charge is -2.22. The van der Waals surface area contributed by atoms with E-state index in [1.165, 1.54) is 0 Å². The van der Waals surface area contributed by atoms with Gasteiger partial charge in [-0.05, 0) is 55.8 Å². The summed E-state index contributed by atoms with van der Waals surface area (Å²) in [6.45, 7) is 4.84. The first-order chi connectivity index (χ1) is 11.5. The molecule has 24 heavy (non-hydrogen) atoms. The van der Waals surface area contributed by atoms with Crippen LogP contribution in [0.1, 0.15) is 19.4 Å². The molecule has 2 aromatic rings. The van der Waals surface area contributed by atoms with Gasteiger partial charge in [0.15, 0.2) is 6.10 Å². The van der Waals surface area contributed by atoms with Crippen LogP contribution >= 0.6 is 11.6 Å². The van der Waals surface area contributed by atoms with E-state index in [9.17, 15) is 4.79 Å². The summed E-state index contributed by atoms with van der Waals surface area (Å²) < 4.78 is 11.1. The summed E-state index contributed by atoms with van der Waals surface area (Å²) in [7, 11) is 1.76. The van der Waals surface area contributed by atoms with E-state index in [0.717, 1.165) is 11.3 Å². The molecule has 4 nitrogen and oxygen atoms in total. The van der Waals surface area contributed by atoms with Crippen molar-refractivity contribution < 1.29 is 14.3 Å². The number of carbonyl (C=O) groups excluding carboxylic acids is 1. The molecule has 0 fully saturated rings. The minimum Gasteiger partial charge on any atom is -0.494 e. The van der Waals surface area contributed by atoms with Crippen LogP contribution in [0, 0.1) is 0 Å². The number of likely N-dealkylation sites (N-methyl/N-ethyl adjacent to an activating group) is 1. The average Bonchev–Trinajstić information content (AvgIpc) is 2.58. The molecule has 128 valence electrons. The highest BCUT2D eigenvalue weighted by Gasteiger charge is 2.19. The highest BCUT2D eigenvalue weighted by atomic mass is 35.5. The van der Waals surface area contributed by atoms with Crippen molar-refractivity contribution in [2.45, 2.75) is 26.5 Å². The van der Waals surface area contributed by atoms with E-state index in [4.69, 9.17) is 21.1 Å². The Hall–Kier alpha value is -2.20. The number of carbonyl (C=O) groups is 1. The molecule has 0 saturated heterocycles. The van der Waals surface area contributed by atoms with Crippen LogP contribution in [0.4, 0.5) is 0 Å². The first kappa shape index (κ1) is 18.1. The Morgan fingerprint density at radius 3 is 2.25 bits per heavy atom. The van der Waals surface area contributed by atoms with Gasteiger partial charge in [-0.3, -0.25) is 4.79 Å². The van der Waals surface area contributed by atoms with Gasteiger partial charge in [0.05, 0.1) is 6.61 Å². The molecular formula is C19H22ClNO3. The lowest BCUT2D eigenvalue weighted by molar-refractivity contribution is -0.137. The second-order valence-electron chi connectivity index (χ2n) is 5.49. The Morgan fingerprint density at radius 2 is 1.67 bits per heavy atom. The number of nitrogens with zero attached hydrogens (tertiary/aromatic N) is 1. The molecule has 0 radical (unpaired) electrons. The van der Waals surface area contributed by atoms with Gasteiger partial charge in [0.1, 0.15) is 11.5 Å². The number of halogens is 1. The maximum atomic E-state index is 12.4. The van der Waals surface area contributed by atoms with Crippen LogP contribution in [-0.2, 0) is 11.3 Å². The van der Waals surface area contributed by atoms with Gasteiger partial charge in [-0.15, -0.1) is 0 Å². The standard InChI is InChI=1S/C19H22ClNO3/c1-4-23-17-9-5-15(6-10-17)13-21(3)19(22)14(2)24-18-11-7-16(20)8-12-18/h5-12,14H,4,13H2,1-3H3. The van der Waals surface area contributed by atoms with Crippen LogP contribution in [0.5, 0.6) is 11.5 Å². The van der Waals surface area contributed by atoms with Crippen molar-refractivity contribution in [3.05, 3.63) is 59.1 Å². The fourth-order valence-corrected chi connectivity index (χ4v) is 2.41. The fourth-order valence-electron chi connectivity index (χ4n) is 2.29. The smallest absolute Gasteiger partial charge is 0.263 e. The summed E-state index contributed by atoms with van der Waals surface area (Å²) in [6, 6.07) is 14.7. The molecule has 5 heteroatoms. The van der Waals surface area contributed by atoms with E-state index in [2.05, 4.69) is 0 Å². The summed E-state index contributed by atoms with van der Waals surface area (Å²) in [5.74, 6) is 1.36. The predicted octanol–water partition coefficient (Wildman–Crippen LogP) is 4.16. The quantitative estimate of drug-likeness (QED) is 0.754. The highest BCUT2D eigenvalue weighted by Crippen LogP contribution is 2.18. The molecular weight excluding hydrogens is 326 g/mol. The molecule has 0 heterocycles. The molecule has 2 aromatic carbocycles. The molecule has 1 unspecified atom stereocenters. The summed E-state index contributed by atoms with van der Waals surface area (Å²) >= 11 is 5.84. The van der Waals surface area contributed by atoms with Gasteiger partial charge in [0.25, 0.3) is 5.91 Å². The van der Waals surface area contributed by atoms with Crippen LogP contribution in [0.25, 0.3) is 0 Å². The summed E-state index contributed by atoms with van der Waals surface area (Å²) in [5, 5.41) is 0.633. The summed E-state index contributed by atoms with van der Waals surface area (Å²) in [6.07, 6.45) is -0.570. The Labute approximate surface area is 147 Å². The molecule has 0 N–H and O–H groups in total. The van der Waals surface area contributed by atoms with Crippen LogP contribution in [0.3, 0.4) is 0 Å². The molecule has 0 aromatic heterocycles. The van der Waals surface area contributed by atoms with Crippen LogP contribution in [0.15, 0.2) is 48.5 Å². The van der Waals surface area contributed by atoms with E-state index in [1.807, 2.05) is 31.2 Å². The zero-order chi connectivity index (χ0) is 17.5. The van der Waals surface area contributed by atoms with Crippen molar-refractivity contribution in [2.75, 3.05) is 13.7 Å². The molecule has 0 aliphatic rings. The summed E-state index contributed by atoms with van der Waals surface area (Å²) in [5.41, 5.74) is 1.04. The molecule has 0 aliphatic heterocycles. The SMILES string of the molecule is CCOc1ccc(CN(C)C(=O)C(C)Oc2ccc(Cl)cc2)cc1. The first-order valence-electron chi connectivity index (χ1n) is 7.88. The lowest BCUT2D eigenvalue weighted by atomic mass is 10.2. The van der Waals surface area contributed by atoms with E-state index in [1.54, 1.807) is 43.1 Å². The maximum absolute atomic E-state index is 12.4. The Morgan fingerprint density at radius 1 is 1.08 bits per heavy atom. The monoisotopic (exact) mass is 347 g/mol. The third-order valence-corrected chi connectivity index (χ3v) is 3.76. The van der Waals surface area contributed by atoms with Crippen molar-refractivity contribution in [3.8, 4) is 11.5 Å². The average molecular weight is 348 g/mol. The topological polar surface area (TPSA) is 38.8 Å². The van der Waals surface area contributed by atoms with E-state index >= 15 is 0 Å². The third-order valence-electron chi connectivity index (χ3n) is 3.50. The molecule has 0 bridgehead atoms. The number of hydrogen-bond acceptors (Lipinski definition) is 3. The maximum Gasteiger partial charge on any atom is 0.263 e. The zero-order valence-electron chi connectivity index (χ0n) is 14.2. The minimum atomic E-state index is -0.570. The van der Waals surface area contributed by atoms with Gasteiger partial charge in [-0.1, -0.05) is 23.7 Å². The largest absolute Gasteiger partial charge is 0.494 e. The van der Waals surface area contributed by atoms with Gasteiger partial charge in [0, 0.05) is 18.6 Å². The van der Waals surface area contributed by atoms with E-state index in [0.29, 0.717) is 23.9 Å². The second kappa shape index (κ2) is 8.60. The van der Waals surface area contributed by atoms with Crippen molar-refractivity contribution in [1.29, 1.82) is 0 Å². The van der Waals surface area contributed by atoms with Crippen LogP contribution < -0.4 is 9.47 Å². The Balaban J connectivity index is 1.91. The second-order valence-corrected chi connectivity index (χ2v) is 5.92. The minimum absolute atomic E-state index is 0.0844. The van der Waals surface area contributed by atoms with Gasteiger partial charge in [-0.2, -0.15) is 0 Å². The van der Waals surface area contributed by atoms with E-state index < -0.39 is 6.10 Å². The van der Waals surface area contributed by atoms with Gasteiger partial charge in [0.2, 0.25) is 0 Å². The number of hydrogen-bond donors (Lipinski definition) is 0. The molecule has 0 spiro atoms. The van der Waals surface area contributed by atoms with Crippen molar-refractivity contribution >= 4 is 17.5 Å². The molecule has 0 saturated carbocycles. The van der Waals surface area contributed by atoms with Gasteiger partial charge < -0.3 is 14.4 Å². The summed E-state index contributed by atoms with van der Waals surface area (Å²) in [4.78, 5) is 14.1. The van der Waals surface area contributed by atoms with Crippen LogP contribution in [0.2, 0.25) is 5.02 Å². The normalized spacial score (nSPS) is 11.7. The Bertz CT molecular complexity index is 655. The number of amides is 1. The number of ether oxygens (including phenoxy) is 2.